The first-order valence-electron chi connectivity index (χ1n) is 6.65. The molecule has 3 rings (SSSR count). The van der Waals surface area contributed by atoms with Crippen molar-refractivity contribution in [3.8, 4) is 0 Å². The summed E-state index contributed by atoms with van der Waals surface area (Å²) in [6, 6.07) is 4.34. The summed E-state index contributed by atoms with van der Waals surface area (Å²) in [4.78, 5) is 13.4. The zero-order valence-corrected chi connectivity index (χ0v) is 10.7. The van der Waals surface area contributed by atoms with Gasteiger partial charge in [0.2, 0.25) is 5.91 Å². The fraction of sp³-hybridized carbons (Fsp3) is 0.500. The molecule has 0 saturated carbocycles. The van der Waals surface area contributed by atoms with Gasteiger partial charge in [-0.15, -0.1) is 0 Å². The number of nitrogens with one attached hydrogen (secondary N) is 1. The van der Waals surface area contributed by atoms with Crippen LogP contribution in [-0.2, 0) is 6.54 Å². The highest BCUT2D eigenvalue weighted by atomic mass is 19.1. The number of hydrogen-bond donors (Lipinski definition) is 2. The second-order valence-corrected chi connectivity index (χ2v) is 5.54. The Kier molecular flexibility index (Phi) is 3.24. The molecule has 0 aromatic heterocycles. The molecular weight excluding hydrogens is 245 g/mol. The number of benzene rings is 1. The van der Waals surface area contributed by atoms with Gasteiger partial charge in [0, 0.05) is 30.8 Å². The van der Waals surface area contributed by atoms with Gasteiger partial charge in [-0.1, -0.05) is 0 Å². The lowest BCUT2D eigenvalue weighted by atomic mass is 10.0. The predicted molar refractivity (Wildman–Crippen MR) is 70.0 cm³/mol. The fourth-order valence-corrected chi connectivity index (χ4v) is 3.17. The van der Waals surface area contributed by atoms with Crippen LogP contribution in [0.5, 0.6) is 0 Å². The summed E-state index contributed by atoms with van der Waals surface area (Å²) in [5.41, 5.74) is 6.16. The van der Waals surface area contributed by atoms with E-state index in [1.165, 1.54) is 12.1 Å². The molecule has 1 aromatic carbocycles. The minimum absolute atomic E-state index is 0.264. The van der Waals surface area contributed by atoms with Crippen LogP contribution in [0.15, 0.2) is 18.2 Å². The molecule has 1 aromatic rings. The van der Waals surface area contributed by atoms with Crippen molar-refractivity contribution in [2.24, 2.45) is 17.6 Å². The number of nitrogens with two attached hydrogens (primary N) is 1. The van der Waals surface area contributed by atoms with Crippen molar-refractivity contribution in [2.75, 3.05) is 26.2 Å². The van der Waals surface area contributed by atoms with E-state index in [1.54, 1.807) is 6.07 Å². The van der Waals surface area contributed by atoms with E-state index in [2.05, 4.69) is 10.2 Å². The van der Waals surface area contributed by atoms with Gasteiger partial charge in [-0.05, 0) is 43.1 Å². The molecule has 2 fully saturated rings. The lowest BCUT2D eigenvalue weighted by molar-refractivity contribution is 0.1000. The average Bonchev–Trinajstić information content (AvgIpc) is 2.92. The molecule has 2 heterocycles. The van der Waals surface area contributed by atoms with E-state index in [0.717, 1.165) is 26.2 Å². The van der Waals surface area contributed by atoms with Crippen LogP contribution in [0.25, 0.3) is 0 Å². The van der Waals surface area contributed by atoms with Gasteiger partial charge in [0.15, 0.2) is 0 Å². The number of halogens is 1. The molecule has 2 atom stereocenters. The molecule has 4 nitrogen and oxygen atoms in total. The Hall–Kier alpha value is -1.46. The van der Waals surface area contributed by atoms with E-state index in [-0.39, 0.29) is 5.82 Å². The van der Waals surface area contributed by atoms with Crippen molar-refractivity contribution in [3.63, 3.8) is 0 Å². The number of carbonyl (C=O) groups is 1. The number of carbonyl (C=O) groups excluding carboxylic acids is 1. The summed E-state index contributed by atoms with van der Waals surface area (Å²) in [7, 11) is 0. The normalized spacial score (nSPS) is 26.6. The van der Waals surface area contributed by atoms with Crippen LogP contribution in [-0.4, -0.2) is 37.0 Å². The zero-order chi connectivity index (χ0) is 13.4. The molecule has 0 radical (unpaired) electrons. The maximum atomic E-state index is 13.8. The van der Waals surface area contributed by atoms with E-state index < -0.39 is 5.91 Å². The zero-order valence-electron chi connectivity index (χ0n) is 10.7. The molecule has 19 heavy (non-hydrogen) atoms. The van der Waals surface area contributed by atoms with Crippen LogP contribution >= 0.6 is 0 Å². The minimum Gasteiger partial charge on any atom is -0.366 e. The Bertz CT molecular complexity index is 493. The minimum atomic E-state index is -0.510. The summed E-state index contributed by atoms with van der Waals surface area (Å²) in [6.07, 6.45) is 0. The average molecular weight is 263 g/mol. The molecule has 0 bridgehead atoms. The molecule has 5 heteroatoms. The fourth-order valence-electron chi connectivity index (χ4n) is 3.17. The van der Waals surface area contributed by atoms with Gasteiger partial charge in [0.25, 0.3) is 0 Å². The standard InChI is InChI=1S/C14H18FN3O/c15-13-2-1-9(14(16)19)3-10(13)6-18-7-11-4-17-5-12(11)8-18/h1-3,11-12,17H,4-8H2,(H2,16,19). The number of primary amides is 1. The number of amides is 1. The van der Waals surface area contributed by atoms with Gasteiger partial charge in [-0.2, -0.15) is 0 Å². The lowest BCUT2D eigenvalue weighted by Crippen LogP contribution is -2.26. The maximum absolute atomic E-state index is 13.8. The maximum Gasteiger partial charge on any atom is 0.248 e. The molecule has 2 unspecified atom stereocenters. The van der Waals surface area contributed by atoms with Crippen LogP contribution in [0.4, 0.5) is 4.39 Å². The quantitative estimate of drug-likeness (QED) is 0.838. The van der Waals surface area contributed by atoms with Crippen LogP contribution in [0, 0.1) is 17.7 Å². The Balaban J connectivity index is 1.73. The lowest BCUT2D eigenvalue weighted by Gasteiger charge is -2.17. The third-order valence-electron chi connectivity index (χ3n) is 4.19. The van der Waals surface area contributed by atoms with E-state index >= 15 is 0 Å². The molecule has 2 aliphatic heterocycles. The smallest absolute Gasteiger partial charge is 0.248 e. The van der Waals surface area contributed by atoms with Crippen LogP contribution < -0.4 is 11.1 Å². The van der Waals surface area contributed by atoms with Crippen molar-refractivity contribution >= 4 is 5.91 Å². The van der Waals surface area contributed by atoms with Gasteiger partial charge in [-0.25, -0.2) is 4.39 Å². The first kappa shape index (κ1) is 12.6. The van der Waals surface area contributed by atoms with Crippen LogP contribution in [0.3, 0.4) is 0 Å². The Morgan fingerprint density at radius 1 is 1.37 bits per heavy atom. The van der Waals surface area contributed by atoms with Crippen molar-refractivity contribution in [2.45, 2.75) is 6.54 Å². The monoisotopic (exact) mass is 263 g/mol. The number of hydrogen-bond acceptors (Lipinski definition) is 3. The number of rotatable bonds is 3. The Labute approximate surface area is 111 Å². The summed E-state index contributed by atoms with van der Waals surface area (Å²) in [5, 5.41) is 3.38. The summed E-state index contributed by atoms with van der Waals surface area (Å²) >= 11 is 0. The first-order valence-corrected chi connectivity index (χ1v) is 6.65. The third-order valence-corrected chi connectivity index (χ3v) is 4.19. The molecule has 0 aliphatic carbocycles. The number of likely N-dealkylation sites (tertiary alicyclic amines) is 1. The second kappa shape index (κ2) is 4.90. The highest BCUT2D eigenvalue weighted by Gasteiger charge is 2.36. The topological polar surface area (TPSA) is 58.4 Å². The Morgan fingerprint density at radius 3 is 2.68 bits per heavy atom. The summed E-state index contributed by atoms with van der Waals surface area (Å²) in [6.45, 7) is 4.67. The van der Waals surface area contributed by atoms with E-state index in [9.17, 15) is 9.18 Å². The van der Waals surface area contributed by atoms with Crippen LogP contribution in [0.2, 0.25) is 0 Å². The largest absolute Gasteiger partial charge is 0.366 e. The summed E-state index contributed by atoms with van der Waals surface area (Å²) < 4.78 is 13.8. The van der Waals surface area contributed by atoms with Gasteiger partial charge in [0.05, 0.1) is 0 Å². The highest BCUT2D eigenvalue weighted by molar-refractivity contribution is 5.92. The van der Waals surface area contributed by atoms with Crippen molar-refractivity contribution in [1.82, 2.24) is 10.2 Å². The highest BCUT2D eigenvalue weighted by Crippen LogP contribution is 2.27. The number of fused-ring (bicyclic) bond motifs is 1. The van der Waals surface area contributed by atoms with Crippen molar-refractivity contribution < 1.29 is 9.18 Å². The SMILES string of the molecule is NC(=O)c1ccc(F)c(CN2CC3CNCC3C2)c1. The molecule has 2 saturated heterocycles. The molecule has 1 amide bonds. The van der Waals surface area contributed by atoms with E-state index in [4.69, 9.17) is 5.73 Å². The molecule has 3 N–H and O–H groups in total. The van der Waals surface area contributed by atoms with Gasteiger partial charge in [0.1, 0.15) is 5.82 Å². The third kappa shape index (κ3) is 2.48. The van der Waals surface area contributed by atoms with Gasteiger partial charge in [-0.3, -0.25) is 9.69 Å². The molecule has 0 spiro atoms. The second-order valence-electron chi connectivity index (χ2n) is 5.54. The Morgan fingerprint density at radius 2 is 2.05 bits per heavy atom. The van der Waals surface area contributed by atoms with Crippen molar-refractivity contribution in [1.29, 1.82) is 0 Å². The predicted octanol–water partition coefficient (Wildman–Crippen LogP) is 0.576. The van der Waals surface area contributed by atoms with E-state index in [0.29, 0.717) is 29.5 Å². The molecular formula is C14H18FN3O. The van der Waals surface area contributed by atoms with Gasteiger partial charge >= 0.3 is 0 Å². The van der Waals surface area contributed by atoms with Crippen molar-refractivity contribution in [3.05, 3.63) is 35.1 Å². The first-order chi connectivity index (χ1) is 9.13. The number of nitrogens with zero attached hydrogens (tertiary/aromatic N) is 1. The molecule has 2 aliphatic rings. The summed E-state index contributed by atoms with van der Waals surface area (Å²) in [5.74, 6) is 0.591. The van der Waals surface area contributed by atoms with Crippen LogP contribution in [0.1, 0.15) is 15.9 Å². The van der Waals surface area contributed by atoms with Gasteiger partial charge < -0.3 is 11.1 Å². The molecule has 102 valence electrons. The van der Waals surface area contributed by atoms with E-state index in [1.807, 2.05) is 0 Å².